The molecule has 98 valence electrons. The van der Waals surface area contributed by atoms with Crippen molar-refractivity contribution in [3.05, 3.63) is 59.8 Å². The minimum Gasteiger partial charge on any atom is -0.384 e. The van der Waals surface area contributed by atoms with Crippen LogP contribution in [0.15, 0.2) is 48.7 Å². The third kappa shape index (κ3) is 4.10. The van der Waals surface area contributed by atoms with Gasteiger partial charge in [-0.2, -0.15) is 0 Å². The Labute approximate surface area is 112 Å². The van der Waals surface area contributed by atoms with E-state index in [1.807, 2.05) is 18.2 Å². The summed E-state index contributed by atoms with van der Waals surface area (Å²) < 4.78 is 0. The minimum absolute atomic E-state index is 0.111. The number of benzene rings is 1. The van der Waals surface area contributed by atoms with E-state index in [2.05, 4.69) is 22.4 Å². The van der Waals surface area contributed by atoms with E-state index in [1.54, 1.807) is 12.1 Å². The maximum atomic E-state index is 11.8. The number of nitrogens with two attached hydrogens (primary N) is 1. The number of anilines is 1. The Kier molecular flexibility index (Phi) is 4.50. The molecule has 0 bridgehead atoms. The normalized spacial score (nSPS) is 10.1. The number of carbonyl (C=O) groups excluding carboxylic acids is 1. The van der Waals surface area contributed by atoms with Crippen LogP contribution in [-0.4, -0.2) is 17.4 Å². The number of rotatable bonds is 5. The summed E-state index contributed by atoms with van der Waals surface area (Å²) in [5.41, 5.74) is 7.29. The highest BCUT2D eigenvalue weighted by atomic mass is 16.1. The van der Waals surface area contributed by atoms with E-state index < -0.39 is 0 Å². The molecule has 1 heterocycles. The van der Waals surface area contributed by atoms with Crippen molar-refractivity contribution in [1.82, 2.24) is 10.3 Å². The predicted octanol–water partition coefficient (Wildman–Crippen LogP) is 2.03. The number of aryl methyl sites for hydroxylation is 1. The van der Waals surface area contributed by atoms with Crippen LogP contribution in [0, 0.1) is 0 Å². The number of hydrogen-bond acceptors (Lipinski definition) is 3. The number of nitrogen functional groups attached to an aromatic ring is 1. The molecule has 1 aromatic carbocycles. The van der Waals surface area contributed by atoms with E-state index in [0.717, 1.165) is 12.8 Å². The van der Waals surface area contributed by atoms with Gasteiger partial charge in [-0.3, -0.25) is 4.79 Å². The van der Waals surface area contributed by atoms with Gasteiger partial charge in [-0.05, 0) is 30.5 Å². The fraction of sp³-hybridized carbons (Fsp3) is 0.200. The summed E-state index contributed by atoms with van der Waals surface area (Å²) in [6, 6.07) is 13.5. The van der Waals surface area contributed by atoms with Crippen LogP contribution in [0.4, 0.5) is 5.82 Å². The van der Waals surface area contributed by atoms with Crippen molar-refractivity contribution in [3.63, 3.8) is 0 Å². The number of amides is 1. The lowest BCUT2D eigenvalue weighted by Crippen LogP contribution is -2.24. The number of hydrogen-bond donors (Lipinski definition) is 2. The molecule has 0 fully saturated rings. The van der Waals surface area contributed by atoms with Crippen molar-refractivity contribution in [3.8, 4) is 0 Å². The average Bonchev–Trinajstić information content (AvgIpc) is 2.45. The maximum Gasteiger partial charge on any atom is 0.252 e. The van der Waals surface area contributed by atoms with Gasteiger partial charge in [0.2, 0.25) is 0 Å². The topological polar surface area (TPSA) is 68.0 Å². The summed E-state index contributed by atoms with van der Waals surface area (Å²) in [6.07, 6.45) is 3.36. The second-order valence-electron chi connectivity index (χ2n) is 4.32. The van der Waals surface area contributed by atoms with Gasteiger partial charge < -0.3 is 11.1 Å². The molecule has 4 heteroatoms. The third-order valence-corrected chi connectivity index (χ3v) is 2.82. The Hall–Kier alpha value is -2.36. The van der Waals surface area contributed by atoms with E-state index in [9.17, 15) is 4.79 Å². The van der Waals surface area contributed by atoms with Crippen LogP contribution in [0.2, 0.25) is 0 Å². The zero-order chi connectivity index (χ0) is 13.5. The molecular weight excluding hydrogens is 238 g/mol. The van der Waals surface area contributed by atoms with Crippen LogP contribution in [0.1, 0.15) is 22.3 Å². The van der Waals surface area contributed by atoms with Gasteiger partial charge in [0.25, 0.3) is 5.91 Å². The molecule has 0 aliphatic rings. The zero-order valence-electron chi connectivity index (χ0n) is 10.7. The van der Waals surface area contributed by atoms with Gasteiger partial charge in [0.15, 0.2) is 0 Å². The zero-order valence-corrected chi connectivity index (χ0v) is 10.7. The molecule has 1 amide bonds. The number of pyridine rings is 1. The van der Waals surface area contributed by atoms with Crippen molar-refractivity contribution in [2.75, 3.05) is 12.3 Å². The lowest BCUT2D eigenvalue weighted by Gasteiger charge is -2.05. The predicted molar refractivity (Wildman–Crippen MR) is 75.7 cm³/mol. The largest absolute Gasteiger partial charge is 0.384 e. The van der Waals surface area contributed by atoms with Crippen LogP contribution >= 0.6 is 0 Å². The molecule has 0 unspecified atom stereocenters. The fourth-order valence-corrected chi connectivity index (χ4v) is 1.78. The Balaban J connectivity index is 1.74. The van der Waals surface area contributed by atoms with Gasteiger partial charge >= 0.3 is 0 Å². The van der Waals surface area contributed by atoms with Gasteiger partial charge in [0.1, 0.15) is 5.82 Å². The van der Waals surface area contributed by atoms with E-state index in [-0.39, 0.29) is 5.91 Å². The average molecular weight is 255 g/mol. The van der Waals surface area contributed by atoms with Crippen molar-refractivity contribution in [2.45, 2.75) is 12.8 Å². The fourth-order valence-electron chi connectivity index (χ4n) is 1.78. The summed E-state index contributed by atoms with van der Waals surface area (Å²) in [4.78, 5) is 15.7. The van der Waals surface area contributed by atoms with Gasteiger partial charge in [-0.25, -0.2) is 4.98 Å². The second-order valence-corrected chi connectivity index (χ2v) is 4.32. The smallest absolute Gasteiger partial charge is 0.252 e. The molecule has 0 aliphatic heterocycles. The van der Waals surface area contributed by atoms with Crippen LogP contribution in [-0.2, 0) is 6.42 Å². The number of nitrogens with one attached hydrogen (secondary N) is 1. The molecule has 2 aromatic rings. The quantitative estimate of drug-likeness (QED) is 0.803. The highest BCUT2D eigenvalue weighted by Crippen LogP contribution is 2.03. The molecule has 0 spiro atoms. The van der Waals surface area contributed by atoms with E-state index in [1.165, 1.54) is 11.8 Å². The van der Waals surface area contributed by atoms with E-state index >= 15 is 0 Å². The molecule has 0 saturated heterocycles. The molecule has 4 nitrogen and oxygen atoms in total. The second kappa shape index (κ2) is 6.54. The molecule has 0 radical (unpaired) electrons. The summed E-state index contributed by atoms with van der Waals surface area (Å²) in [5, 5.41) is 2.87. The molecule has 1 aromatic heterocycles. The van der Waals surface area contributed by atoms with Crippen LogP contribution in [0.25, 0.3) is 0 Å². The maximum absolute atomic E-state index is 11.8. The summed E-state index contributed by atoms with van der Waals surface area (Å²) in [7, 11) is 0. The SMILES string of the molecule is Nc1ccc(C(=O)NCCCc2ccccc2)cn1. The Morgan fingerprint density at radius 2 is 1.95 bits per heavy atom. The third-order valence-electron chi connectivity index (χ3n) is 2.82. The molecule has 0 saturated carbocycles. The van der Waals surface area contributed by atoms with Crippen molar-refractivity contribution in [2.24, 2.45) is 0 Å². The molecular formula is C15H17N3O. The molecule has 0 atom stereocenters. The summed E-state index contributed by atoms with van der Waals surface area (Å²) in [5.74, 6) is 0.307. The first-order valence-corrected chi connectivity index (χ1v) is 6.29. The Morgan fingerprint density at radius 1 is 1.16 bits per heavy atom. The van der Waals surface area contributed by atoms with Gasteiger partial charge in [0.05, 0.1) is 5.56 Å². The van der Waals surface area contributed by atoms with Crippen LogP contribution in [0.5, 0.6) is 0 Å². The van der Waals surface area contributed by atoms with Gasteiger partial charge in [-0.1, -0.05) is 30.3 Å². The molecule has 3 N–H and O–H groups in total. The standard InChI is InChI=1S/C15H17N3O/c16-14-9-8-13(11-18-14)15(19)17-10-4-7-12-5-2-1-3-6-12/h1-3,5-6,8-9,11H,4,7,10H2,(H2,16,18)(H,17,19). The lowest BCUT2D eigenvalue weighted by atomic mass is 10.1. The van der Waals surface area contributed by atoms with Crippen molar-refractivity contribution in [1.29, 1.82) is 0 Å². The van der Waals surface area contributed by atoms with Gasteiger partial charge in [0, 0.05) is 12.7 Å². The van der Waals surface area contributed by atoms with Gasteiger partial charge in [-0.15, -0.1) is 0 Å². The molecule has 0 aliphatic carbocycles. The summed E-state index contributed by atoms with van der Waals surface area (Å²) in [6.45, 7) is 0.651. The van der Waals surface area contributed by atoms with E-state index in [0.29, 0.717) is 17.9 Å². The van der Waals surface area contributed by atoms with Crippen LogP contribution < -0.4 is 11.1 Å². The van der Waals surface area contributed by atoms with Crippen molar-refractivity contribution < 1.29 is 4.79 Å². The minimum atomic E-state index is -0.111. The number of carbonyl (C=O) groups is 1. The first-order chi connectivity index (χ1) is 9.25. The Morgan fingerprint density at radius 3 is 2.63 bits per heavy atom. The van der Waals surface area contributed by atoms with E-state index in [4.69, 9.17) is 5.73 Å². The first kappa shape index (κ1) is 13.1. The highest BCUT2D eigenvalue weighted by molar-refractivity contribution is 5.93. The Bertz CT molecular complexity index is 523. The summed E-state index contributed by atoms with van der Waals surface area (Å²) >= 11 is 0. The lowest BCUT2D eigenvalue weighted by molar-refractivity contribution is 0.0953. The van der Waals surface area contributed by atoms with Crippen LogP contribution in [0.3, 0.4) is 0 Å². The molecule has 2 rings (SSSR count). The first-order valence-electron chi connectivity index (χ1n) is 6.29. The van der Waals surface area contributed by atoms with Crippen molar-refractivity contribution >= 4 is 11.7 Å². The molecule has 19 heavy (non-hydrogen) atoms. The highest BCUT2D eigenvalue weighted by Gasteiger charge is 2.04. The number of aromatic nitrogens is 1. The number of nitrogens with zero attached hydrogens (tertiary/aromatic N) is 1. The monoisotopic (exact) mass is 255 g/mol.